The molecule has 0 spiro atoms. The fraction of sp³-hybridized carbons (Fsp3) is 0.462. The highest BCUT2D eigenvalue weighted by Crippen LogP contribution is 2.18. The SMILES string of the molecule is O=C(O)CC(O)CN1CCc2ccccc2C1. The predicted molar refractivity (Wildman–Crippen MR) is 63.7 cm³/mol. The summed E-state index contributed by atoms with van der Waals surface area (Å²) in [5.74, 6) is -0.949. The minimum atomic E-state index is -0.949. The third-order valence-corrected chi connectivity index (χ3v) is 3.09. The van der Waals surface area contributed by atoms with Crippen molar-refractivity contribution in [2.75, 3.05) is 13.1 Å². The summed E-state index contributed by atoms with van der Waals surface area (Å²) in [6.07, 6.45) is 0.00598. The number of hydrogen-bond acceptors (Lipinski definition) is 3. The van der Waals surface area contributed by atoms with Crippen molar-refractivity contribution < 1.29 is 15.0 Å². The van der Waals surface area contributed by atoms with Crippen LogP contribution in [0.4, 0.5) is 0 Å². The van der Waals surface area contributed by atoms with Gasteiger partial charge >= 0.3 is 5.97 Å². The van der Waals surface area contributed by atoms with Gasteiger partial charge in [0.05, 0.1) is 12.5 Å². The van der Waals surface area contributed by atoms with Gasteiger partial charge in [-0.05, 0) is 17.5 Å². The molecule has 1 aromatic carbocycles. The maximum atomic E-state index is 10.5. The predicted octanol–water partition coefficient (Wildman–Crippen LogP) is 0.880. The number of carbonyl (C=O) groups is 1. The lowest BCUT2D eigenvalue weighted by Gasteiger charge is -2.29. The average Bonchev–Trinajstić information content (AvgIpc) is 2.27. The lowest BCUT2D eigenvalue weighted by atomic mass is 9.99. The standard InChI is InChI=1S/C13H17NO3/c15-12(7-13(16)17)9-14-6-5-10-3-1-2-4-11(10)8-14/h1-4,12,15H,5-9H2,(H,16,17). The van der Waals surface area contributed by atoms with Gasteiger partial charge in [0, 0.05) is 19.6 Å². The van der Waals surface area contributed by atoms with Crippen molar-refractivity contribution in [1.29, 1.82) is 0 Å². The number of carboxylic acids is 1. The second-order valence-electron chi connectivity index (χ2n) is 4.51. The molecule has 0 aromatic heterocycles. The van der Waals surface area contributed by atoms with Gasteiger partial charge in [0.2, 0.25) is 0 Å². The van der Waals surface area contributed by atoms with Crippen molar-refractivity contribution in [2.24, 2.45) is 0 Å². The zero-order chi connectivity index (χ0) is 12.3. The van der Waals surface area contributed by atoms with Crippen LogP contribution < -0.4 is 0 Å². The number of β-amino-alcohol motifs (C(OH)–C–C–N with tert-alkyl or cyclic N) is 1. The Morgan fingerprint density at radius 3 is 2.76 bits per heavy atom. The summed E-state index contributed by atoms with van der Waals surface area (Å²) in [4.78, 5) is 12.6. The molecular formula is C13H17NO3. The van der Waals surface area contributed by atoms with E-state index in [4.69, 9.17) is 5.11 Å². The molecule has 2 rings (SSSR count). The first kappa shape index (κ1) is 12.1. The Hall–Kier alpha value is -1.39. The molecule has 1 aromatic rings. The molecule has 4 nitrogen and oxygen atoms in total. The molecule has 0 saturated heterocycles. The zero-order valence-electron chi connectivity index (χ0n) is 9.67. The van der Waals surface area contributed by atoms with Gasteiger partial charge in [-0.2, -0.15) is 0 Å². The van der Waals surface area contributed by atoms with Crippen LogP contribution in [-0.2, 0) is 17.8 Å². The van der Waals surface area contributed by atoms with E-state index in [1.807, 2.05) is 12.1 Å². The van der Waals surface area contributed by atoms with E-state index in [-0.39, 0.29) is 6.42 Å². The quantitative estimate of drug-likeness (QED) is 0.813. The number of fused-ring (bicyclic) bond motifs is 1. The largest absolute Gasteiger partial charge is 0.481 e. The second-order valence-corrected chi connectivity index (χ2v) is 4.51. The van der Waals surface area contributed by atoms with Crippen molar-refractivity contribution in [3.8, 4) is 0 Å². The van der Waals surface area contributed by atoms with Gasteiger partial charge in [-0.25, -0.2) is 0 Å². The summed E-state index contributed by atoms with van der Waals surface area (Å²) in [5.41, 5.74) is 2.64. The highest BCUT2D eigenvalue weighted by Gasteiger charge is 2.19. The Morgan fingerprint density at radius 1 is 1.35 bits per heavy atom. The van der Waals surface area contributed by atoms with Crippen LogP contribution in [0.15, 0.2) is 24.3 Å². The van der Waals surface area contributed by atoms with Gasteiger partial charge in [0.25, 0.3) is 0 Å². The molecule has 1 atom stereocenters. The van der Waals surface area contributed by atoms with Crippen molar-refractivity contribution in [3.63, 3.8) is 0 Å². The fourth-order valence-corrected chi connectivity index (χ4v) is 2.27. The third-order valence-electron chi connectivity index (χ3n) is 3.09. The molecule has 2 N–H and O–H groups in total. The molecule has 0 aliphatic carbocycles. The molecule has 17 heavy (non-hydrogen) atoms. The molecule has 4 heteroatoms. The summed E-state index contributed by atoms with van der Waals surface area (Å²) >= 11 is 0. The number of aliphatic hydroxyl groups is 1. The van der Waals surface area contributed by atoms with Crippen LogP contribution in [0.1, 0.15) is 17.5 Å². The van der Waals surface area contributed by atoms with Crippen LogP contribution in [-0.4, -0.2) is 40.3 Å². The molecule has 0 fully saturated rings. The monoisotopic (exact) mass is 235 g/mol. The van der Waals surface area contributed by atoms with Gasteiger partial charge in [0.1, 0.15) is 0 Å². The van der Waals surface area contributed by atoms with Gasteiger partial charge < -0.3 is 10.2 Å². The van der Waals surface area contributed by atoms with Crippen LogP contribution in [0.3, 0.4) is 0 Å². The van der Waals surface area contributed by atoms with Crippen LogP contribution >= 0.6 is 0 Å². The summed E-state index contributed by atoms with van der Waals surface area (Å²) in [6.45, 7) is 2.11. The van der Waals surface area contributed by atoms with Crippen molar-refractivity contribution >= 4 is 5.97 Å². The Kier molecular flexibility index (Phi) is 3.76. The zero-order valence-corrected chi connectivity index (χ0v) is 9.67. The smallest absolute Gasteiger partial charge is 0.306 e. The van der Waals surface area contributed by atoms with E-state index in [0.717, 1.165) is 19.5 Å². The van der Waals surface area contributed by atoms with Crippen LogP contribution in [0.5, 0.6) is 0 Å². The maximum absolute atomic E-state index is 10.5. The van der Waals surface area contributed by atoms with Gasteiger partial charge in [-0.15, -0.1) is 0 Å². The third kappa shape index (κ3) is 3.28. The number of rotatable bonds is 4. The lowest BCUT2D eigenvalue weighted by Crippen LogP contribution is -2.37. The molecule has 0 radical (unpaired) electrons. The molecule has 1 heterocycles. The van der Waals surface area contributed by atoms with E-state index < -0.39 is 12.1 Å². The molecule has 0 amide bonds. The maximum Gasteiger partial charge on any atom is 0.306 e. The molecule has 92 valence electrons. The lowest BCUT2D eigenvalue weighted by molar-refractivity contribution is -0.139. The van der Waals surface area contributed by atoms with Gasteiger partial charge in [-0.3, -0.25) is 9.69 Å². The minimum absolute atomic E-state index is 0.182. The summed E-state index contributed by atoms with van der Waals surface area (Å²) in [7, 11) is 0. The van der Waals surface area contributed by atoms with E-state index in [1.165, 1.54) is 11.1 Å². The van der Waals surface area contributed by atoms with Gasteiger partial charge in [0.15, 0.2) is 0 Å². The Morgan fingerprint density at radius 2 is 2.06 bits per heavy atom. The molecule has 1 unspecified atom stereocenters. The number of nitrogens with zero attached hydrogens (tertiary/aromatic N) is 1. The molecular weight excluding hydrogens is 218 g/mol. The molecule has 0 bridgehead atoms. The Balaban J connectivity index is 1.92. The first-order valence-electron chi connectivity index (χ1n) is 5.84. The Bertz CT molecular complexity index is 405. The molecule has 1 aliphatic heterocycles. The fourth-order valence-electron chi connectivity index (χ4n) is 2.27. The van der Waals surface area contributed by atoms with E-state index >= 15 is 0 Å². The van der Waals surface area contributed by atoms with E-state index in [0.29, 0.717) is 6.54 Å². The molecule has 1 aliphatic rings. The van der Waals surface area contributed by atoms with Crippen LogP contribution in [0, 0.1) is 0 Å². The highest BCUT2D eigenvalue weighted by atomic mass is 16.4. The number of benzene rings is 1. The summed E-state index contributed by atoms with van der Waals surface area (Å²) in [5, 5.41) is 18.2. The van der Waals surface area contributed by atoms with Crippen molar-refractivity contribution in [2.45, 2.75) is 25.5 Å². The highest BCUT2D eigenvalue weighted by molar-refractivity contribution is 5.67. The van der Waals surface area contributed by atoms with E-state index in [2.05, 4.69) is 17.0 Å². The summed E-state index contributed by atoms with van der Waals surface area (Å²) < 4.78 is 0. The van der Waals surface area contributed by atoms with Crippen molar-refractivity contribution in [3.05, 3.63) is 35.4 Å². The Labute approximate surface area is 100 Å². The average molecular weight is 235 g/mol. The topological polar surface area (TPSA) is 60.8 Å². The van der Waals surface area contributed by atoms with E-state index in [1.54, 1.807) is 0 Å². The normalized spacial score (nSPS) is 17.5. The number of aliphatic hydroxyl groups excluding tert-OH is 1. The number of carboxylic acid groups (broad SMARTS) is 1. The van der Waals surface area contributed by atoms with Crippen molar-refractivity contribution in [1.82, 2.24) is 4.90 Å². The second kappa shape index (κ2) is 5.29. The van der Waals surface area contributed by atoms with Gasteiger partial charge in [-0.1, -0.05) is 24.3 Å². The van der Waals surface area contributed by atoms with Crippen LogP contribution in [0.2, 0.25) is 0 Å². The first-order chi connectivity index (χ1) is 8.15. The minimum Gasteiger partial charge on any atom is -0.481 e. The summed E-state index contributed by atoms with van der Waals surface area (Å²) in [6, 6.07) is 8.26. The number of aliphatic carboxylic acids is 1. The number of hydrogen-bond donors (Lipinski definition) is 2. The molecule has 0 saturated carbocycles. The first-order valence-corrected chi connectivity index (χ1v) is 5.84. The van der Waals surface area contributed by atoms with E-state index in [9.17, 15) is 9.90 Å². The van der Waals surface area contributed by atoms with Crippen LogP contribution in [0.25, 0.3) is 0 Å².